The Morgan fingerprint density at radius 3 is 2.54 bits per heavy atom. The Labute approximate surface area is 154 Å². The molecule has 1 fully saturated rings. The van der Waals surface area contributed by atoms with Gasteiger partial charge in [0.2, 0.25) is 0 Å². The van der Waals surface area contributed by atoms with Gasteiger partial charge in [0.15, 0.2) is 9.84 Å². The molecule has 1 atom stereocenters. The zero-order valence-electron chi connectivity index (χ0n) is 15.4. The molecule has 1 aromatic heterocycles. The van der Waals surface area contributed by atoms with Gasteiger partial charge in [-0.2, -0.15) is 0 Å². The van der Waals surface area contributed by atoms with Crippen molar-refractivity contribution in [2.24, 2.45) is 0 Å². The van der Waals surface area contributed by atoms with Crippen LogP contribution >= 0.6 is 0 Å². The maximum Gasteiger partial charge on any atom is 0.272 e. The molecule has 0 aromatic carbocycles. The highest BCUT2D eigenvalue weighted by Crippen LogP contribution is 2.18. The van der Waals surface area contributed by atoms with Crippen LogP contribution in [-0.2, 0) is 9.84 Å². The van der Waals surface area contributed by atoms with E-state index in [1.807, 2.05) is 19.0 Å². The molecule has 0 radical (unpaired) electrons. The van der Waals surface area contributed by atoms with Crippen LogP contribution < -0.4 is 5.32 Å². The number of nitrogens with zero attached hydrogens (tertiary/aromatic N) is 3. The summed E-state index contributed by atoms with van der Waals surface area (Å²) >= 11 is 0. The number of hydrogen-bond acceptors (Lipinski definition) is 6. The number of amides is 2. The van der Waals surface area contributed by atoms with E-state index in [0.717, 1.165) is 13.0 Å². The molecule has 2 rings (SSSR count). The predicted octanol–water partition coefficient (Wildman–Crippen LogP) is 0.0222. The van der Waals surface area contributed by atoms with Crippen molar-refractivity contribution in [1.29, 1.82) is 0 Å². The van der Waals surface area contributed by atoms with Crippen LogP contribution in [0.25, 0.3) is 0 Å². The van der Waals surface area contributed by atoms with Crippen LogP contribution in [0.1, 0.15) is 33.8 Å². The molecule has 0 saturated carbocycles. The Morgan fingerprint density at radius 1 is 1.23 bits per heavy atom. The number of sulfone groups is 1. The van der Waals surface area contributed by atoms with Crippen LogP contribution in [0.4, 0.5) is 0 Å². The van der Waals surface area contributed by atoms with Crippen LogP contribution in [0.2, 0.25) is 0 Å². The molecule has 1 aromatic rings. The van der Waals surface area contributed by atoms with Gasteiger partial charge < -0.3 is 15.1 Å². The summed E-state index contributed by atoms with van der Waals surface area (Å²) in [6.07, 6.45) is 1.24. The van der Waals surface area contributed by atoms with E-state index in [9.17, 15) is 18.0 Å². The Kier molecular flexibility index (Phi) is 6.71. The summed E-state index contributed by atoms with van der Waals surface area (Å²) < 4.78 is 23.2. The van der Waals surface area contributed by atoms with Gasteiger partial charge in [0.05, 0.1) is 11.5 Å². The van der Waals surface area contributed by atoms with Gasteiger partial charge in [0.1, 0.15) is 11.4 Å². The minimum atomic E-state index is -3.08. The molecule has 1 aliphatic rings. The Morgan fingerprint density at radius 2 is 1.92 bits per heavy atom. The van der Waals surface area contributed by atoms with Crippen LogP contribution in [0.5, 0.6) is 0 Å². The lowest BCUT2D eigenvalue weighted by Crippen LogP contribution is -2.38. The van der Waals surface area contributed by atoms with E-state index in [2.05, 4.69) is 10.3 Å². The quantitative estimate of drug-likeness (QED) is 0.668. The van der Waals surface area contributed by atoms with E-state index < -0.39 is 9.84 Å². The zero-order valence-corrected chi connectivity index (χ0v) is 16.3. The van der Waals surface area contributed by atoms with Gasteiger partial charge in [-0.3, -0.25) is 9.59 Å². The van der Waals surface area contributed by atoms with E-state index in [1.54, 1.807) is 19.2 Å². The minimum absolute atomic E-state index is 0.0265. The Bertz CT molecular complexity index is 764. The van der Waals surface area contributed by atoms with Crippen molar-refractivity contribution >= 4 is 21.7 Å². The first-order chi connectivity index (χ1) is 12.2. The molecule has 8 nitrogen and oxygen atoms in total. The standard InChI is InChI=1S/C17H26N4O4S/c1-20(2)10-5-9-18-16(22)14-6-4-7-15(19-14)17(23)21(3)13-8-11-26(24,25)12-13/h4,6-7,13H,5,8-12H2,1-3H3,(H,18,22). The van der Waals surface area contributed by atoms with Gasteiger partial charge in [-0.25, -0.2) is 13.4 Å². The molecular formula is C17H26N4O4S. The lowest BCUT2D eigenvalue weighted by molar-refractivity contribution is 0.0741. The second-order valence-electron chi connectivity index (χ2n) is 6.79. The second-order valence-corrected chi connectivity index (χ2v) is 9.02. The molecule has 1 aliphatic heterocycles. The molecule has 2 amide bonds. The Hall–Kier alpha value is -2.00. The third-order valence-corrected chi connectivity index (χ3v) is 6.10. The first-order valence-corrected chi connectivity index (χ1v) is 10.4. The average Bonchev–Trinajstić information content (AvgIpc) is 2.97. The molecule has 2 heterocycles. The largest absolute Gasteiger partial charge is 0.351 e. The number of carbonyl (C=O) groups is 2. The van der Waals surface area contributed by atoms with Crippen LogP contribution in [0.3, 0.4) is 0 Å². The first kappa shape index (κ1) is 20.3. The summed E-state index contributed by atoms with van der Waals surface area (Å²) in [5.74, 6) is -0.641. The fourth-order valence-electron chi connectivity index (χ4n) is 2.80. The third-order valence-electron chi connectivity index (χ3n) is 4.34. The maximum absolute atomic E-state index is 12.6. The van der Waals surface area contributed by atoms with E-state index >= 15 is 0 Å². The first-order valence-electron chi connectivity index (χ1n) is 8.57. The van der Waals surface area contributed by atoms with Gasteiger partial charge in [-0.15, -0.1) is 0 Å². The average molecular weight is 382 g/mol. The number of aromatic nitrogens is 1. The highest BCUT2D eigenvalue weighted by Gasteiger charge is 2.33. The highest BCUT2D eigenvalue weighted by molar-refractivity contribution is 7.91. The van der Waals surface area contributed by atoms with Crippen molar-refractivity contribution in [2.45, 2.75) is 18.9 Å². The summed E-state index contributed by atoms with van der Waals surface area (Å²) in [6.45, 7) is 1.39. The molecule has 9 heteroatoms. The van der Waals surface area contributed by atoms with Crippen molar-refractivity contribution < 1.29 is 18.0 Å². The molecule has 144 valence electrons. The topological polar surface area (TPSA) is 99.7 Å². The van der Waals surface area contributed by atoms with Gasteiger partial charge in [-0.1, -0.05) is 6.07 Å². The Balaban J connectivity index is 1.99. The molecule has 0 aliphatic carbocycles. The van der Waals surface area contributed by atoms with E-state index in [0.29, 0.717) is 13.0 Å². The normalized spacial score (nSPS) is 18.7. The SMILES string of the molecule is CN(C)CCCNC(=O)c1cccc(C(=O)N(C)C2CCS(=O)(=O)C2)n1. The van der Waals surface area contributed by atoms with Crippen molar-refractivity contribution in [2.75, 3.05) is 45.7 Å². The summed E-state index contributed by atoms with van der Waals surface area (Å²) in [5.41, 5.74) is 0.311. The van der Waals surface area contributed by atoms with Crippen LogP contribution in [0.15, 0.2) is 18.2 Å². The molecule has 1 N–H and O–H groups in total. The molecule has 0 bridgehead atoms. The van der Waals surface area contributed by atoms with Gasteiger partial charge >= 0.3 is 0 Å². The van der Waals surface area contributed by atoms with E-state index in [1.165, 1.54) is 11.0 Å². The predicted molar refractivity (Wildman–Crippen MR) is 98.9 cm³/mol. The zero-order chi connectivity index (χ0) is 19.3. The van der Waals surface area contributed by atoms with Crippen molar-refractivity contribution in [3.05, 3.63) is 29.6 Å². The van der Waals surface area contributed by atoms with Crippen molar-refractivity contribution in [3.63, 3.8) is 0 Å². The van der Waals surface area contributed by atoms with Crippen LogP contribution in [0, 0.1) is 0 Å². The monoisotopic (exact) mass is 382 g/mol. The second kappa shape index (κ2) is 8.59. The van der Waals surface area contributed by atoms with E-state index in [4.69, 9.17) is 0 Å². The lowest BCUT2D eigenvalue weighted by atomic mass is 10.2. The molecule has 0 spiro atoms. The van der Waals surface area contributed by atoms with Gasteiger partial charge in [-0.05, 0) is 45.6 Å². The highest BCUT2D eigenvalue weighted by atomic mass is 32.2. The maximum atomic E-state index is 12.6. The number of carbonyl (C=O) groups excluding carboxylic acids is 2. The molecular weight excluding hydrogens is 356 g/mol. The van der Waals surface area contributed by atoms with Crippen molar-refractivity contribution in [3.8, 4) is 0 Å². The van der Waals surface area contributed by atoms with Crippen molar-refractivity contribution in [1.82, 2.24) is 20.1 Å². The number of rotatable bonds is 7. The minimum Gasteiger partial charge on any atom is -0.351 e. The fourth-order valence-corrected chi connectivity index (χ4v) is 4.57. The van der Waals surface area contributed by atoms with Gasteiger partial charge in [0, 0.05) is 19.6 Å². The smallest absolute Gasteiger partial charge is 0.272 e. The number of nitrogens with one attached hydrogen (secondary N) is 1. The molecule has 1 unspecified atom stereocenters. The summed E-state index contributed by atoms with van der Waals surface area (Å²) in [5, 5.41) is 2.78. The molecule has 26 heavy (non-hydrogen) atoms. The summed E-state index contributed by atoms with van der Waals surface area (Å²) in [7, 11) is 2.42. The van der Waals surface area contributed by atoms with Crippen LogP contribution in [-0.4, -0.2) is 86.8 Å². The van der Waals surface area contributed by atoms with Gasteiger partial charge in [0.25, 0.3) is 11.8 Å². The third kappa shape index (κ3) is 5.50. The summed E-state index contributed by atoms with van der Waals surface area (Å²) in [4.78, 5) is 32.4. The fraction of sp³-hybridized carbons (Fsp3) is 0.588. The lowest BCUT2D eigenvalue weighted by Gasteiger charge is -2.23. The number of pyridine rings is 1. The number of hydrogen-bond donors (Lipinski definition) is 1. The molecule has 1 saturated heterocycles. The van der Waals surface area contributed by atoms with E-state index in [-0.39, 0.29) is 40.7 Å². The summed E-state index contributed by atoms with van der Waals surface area (Å²) in [6, 6.07) is 4.34.